The molecule has 0 radical (unpaired) electrons. The van der Waals surface area contributed by atoms with Gasteiger partial charge in [-0.1, -0.05) is 31.9 Å². The van der Waals surface area contributed by atoms with Gasteiger partial charge in [0.2, 0.25) is 0 Å². The fraction of sp³-hybridized carbons (Fsp3) is 0.200. The van der Waals surface area contributed by atoms with Crippen molar-refractivity contribution in [2.45, 2.75) is 19.1 Å². The van der Waals surface area contributed by atoms with Crippen LogP contribution in [-0.4, -0.2) is 31.1 Å². The van der Waals surface area contributed by atoms with Gasteiger partial charge < -0.3 is 15.8 Å². The number of carbonyl (C=O) groups is 2. The predicted octanol–water partition coefficient (Wildman–Crippen LogP) is 7.12. The lowest BCUT2D eigenvalue weighted by Crippen LogP contribution is -2.42. The second-order valence-corrected chi connectivity index (χ2v) is 9.84. The van der Waals surface area contributed by atoms with Crippen molar-refractivity contribution in [3.05, 3.63) is 58.9 Å². The minimum Gasteiger partial charge on any atom is -0.463 e. The van der Waals surface area contributed by atoms with E-state index in [9.17, 15) is 22.8 Å². The highest BCUT2D eigenvalue weighted by Gasteiger charge is 2.46. The van der Waals surface area contributed by atoms with Gasteiger partial charge in [0.15, 0.2) is 12.3 Å². The van der Waals surface area contributed by atoms with Crippen LogP contribution in [0.4, 0.5) is 24.5 Å². The van der Waals surface area contributed by atoms with Crippen LogP contribution >= 0.6 is 63.7 Å². The Morgan fingerprint density at radius 1 is 1.12 bits per heavy atom. The molecule has 0 amide bonds. The van der Waals surface area contributed by atoms with Gasteiger partial charge in [0, 0.05) is 29.0 Å². The smallest absolute Gasteiger partial charge is 0.413 e. The Labute approximate surface area is 215 Å². The highest BCUT2D eigenvalue weighted by atomic mass is 79.9. The van der Waals surface area contributed by atoms with Gasteiger partial charge in [0.05, 0.1) is 23.6 Å². The number of hydrogen-bond donors (Lipinski definition) is 2. The largest absolute Gasteiger partial charge is 0.463 e. The van der Waals surface area contributed by atoms with Gasteiger partial charge in [-0.2, -0.15) is 13.2 Å². The molecule has 1 heterocycles. The fourth-order valence-corrected chi connectivity index (χ4v) is 5.32. The molecule has 0 spiro atoms. The van der Waals surface area contributed by atoms with Crippen LogP contribution in [0.1, 0.15) is 22.8 Å². The molecule has 0 bridgehead atoms. The van der Waals surface area contributed by atoms with Gasteiger partial charge in [-0.3, -0.25) is 4.79 Å². The first-order chi connectivity index (χ1) is 14.9. The van der Waals surface area contributed by atoms with Crippen molar-refractivity contribution in [2.75, 3.05) is 17.7 Å². The summed E-state index contributed by atoms with van der Waals surface area (Å²) in [7, 11) is 0. The maximum absolute atomic E-state index is 13.2. The molecule has 12 heteroatoms. The van der Waals surface area contributed by atoms with E-state index >= 15 is 0 Å². The molecule has 172 valence electrons. The molecule has 0 aliphatic carbocycles. The van der Waals surface area contributed by atoms with Crippen LogP contribution in [0, 0.1) is 0 Å². The minimum absolute atomic E-state index is 0.00971. The van der Waals surface area contributed by atoms with E-state index < -0.39 is 23.8 Å². The SMILES string of the molecule is CCOC(=O)C1=Cc2cc(Br)cc(Br)c2NC1C(F)(F)F.Nc1c(Br)cc(Br)cc1C=O. The van der Waals surface area contributed by atoms with E-state index in [1.165, 1.54) is 6.08 Å². The Bertz CT molecular complexity index is 1080. The number of alkyl halides is 3. The van der Waals surface area contributed by atoms with Crippen molar-refractivity contribution in [3.63, 3.8) is 0 Å². The topological polar surface area (TPSA) is 81.4 Å². The van der Waals surface area contributed by atoms with E-state index in [1.807, 2.05) is 0 Å². The van der Waals surface area contributed by atoms with Gasteiger partial charge in [-0.15, -0.1) is 0 Å². The summed E-state index contributed by atoms with van der Waals surface area (Å²) < 4.78 is 46.9. The quantitative estimate of drug-likeness (QED) is 0.202. The molecule has 1 unspecified atom stereocenters. The summed E-state index contributed by atoms with van der Waals surface area (Å²) in [6, 6.07) is 4.62. The molecule has 1 aliphatic heterocycles. The maximum atomic E-state index is 13.2. The third kappa shape index (κ3) is 6.58. The van der Waals surface area contributed by atoms with Crippen molar-refractivity contribution in [1.29, 1.82) is 0 Å². The first-order valence-electron chi connectivity index (χ1n) is 8.79. The summed E-state index contributed by atoms with van der Waals surface area (Å²) in [5, 5.41) is 2.36. The van der Waals surface area contributed by atoms with Crippen LogP contribution in [0.15, 0.2) is 47.7 Å². The van der Waals surface area contributed by atoms with Crippen molar-refractivity contribution in [2.24, 2.45) is 0 Å². The zero-order valence-corrected chi connectivity index (χ0v) is 22.5. The number of aldehydes is 1. The van der Waals surface area contributed by atoms with Gasteiger partial charge in [0.25, 0.3) is 0 Å². The second kappa shape index (κ2) is 11.2. The number of carbonyl (C=O) groups excluding carboxylic acids is 2. The summed E-state index contributed by atoms with van der Waals surface area (Å²) in [5.74, 6) is -0.978. The van der Waals surface area contributed by atoms with Crippen LogP contribution in [0.3, 0.4) is 0 Å². The summed E-state index contributed by atoms with van der Waals surface area (Å²) >= 11 is 12.9. The zero-order chi connectivity index (χ0) is 24.2. The van der Waals surface area contributed by atoms with Gasteiger partial charge in [0.1, 0.15) is 0 Å². The standard InChI is InChI=1S/C13H10Br2F3NO2.C7H5Br2NO/c1-2-21-12(20)8-4-6-3-7(14)5-9(15)10(6)19-11(8)13(16,17)18;8-5-1-4(3-11)7(10)6(9)2-5/h3-5,11,19H,2H2,1H3;1-3H,10H2. The van der Waals surface area contributed by atoms with Gasteiger partial charge >= 0.3 is 12.1 Å². The highest BCUT2D eigenvalue weighted by molar-refractivity contribution is 9.11. The van der Waals surface area contributed by atoms with E-state index in [0.29, 0.717) is 25.8 Å². The maximum Gasteiger partial charge on any atom is 0.413 e. The highest BCUT2D eigenvalue weighted by Crippen LogP contribution is 2.40. The molecule has 1 aliphatic rings. The normalized spacial score (nSPS) is 14.9. The molecule has 3 N–H and O–H groups in total. The van der Waals surface area contributed by atoms with E-state index in [2.05, 4.69) is 69.0 Å². The fourth-order valence-electron chi connectivity index (χ4n) is 2.68. The number of fused-ring (bicyclic) bond motifs is 1. The molecular formula is C20H15Br4F3N2O3. The third-order valence-electron chi connectivity index (χ3n) is 4.09. The number of rotatable bonds is 3. The van der Waals surface area contributed by atoms with E-state index in [1.54, 1.807) is 31.2 Å². The Hall–Kier alpha value is -1.37. The molecular weight excluding hydrogens is 693 g/mol. The lowest BCUT2D eigenvalue weighted by atomic mass is 9.97. The molecule has 0 aromatic heterocycles. The second-order valence-electron chi connectivity index (χ2n) is 6.30. The monoisotopic (exact) mass is 704 g/mol. The summed E-state index contributed by atoms with van der Waals surface area (Å²) in [4.78, 5) is 22.2. The Kier molecular flexibility index (Phi) is 9.38. The van der Waals surface area contributed by atoms with Crippen molar-refractivity contribution >= 4 is 93.4 Å². The number of nitrogens with one attached hydrogen (secondary N) is 1. The molecule has 2 aromatic carbocycles. The molecule has 2 aromatic rings. The number of hydrogen-bond acceptors (Lipinski definition) is 5. The molecule has 5 nitrogen and oxygen atoms in total. The Balaban J connectivity index is 0.000000278. The number of esters is 1. The van der Waals surface area contributed by atoms with Crippen molar-refractivity contribution < 1.29 is 27.5 Å². The average Bonchev–Trinajstić information content (AvgIpc) is 2.69. The van der Waals surface area contributed by atoms with Gasteiger partial charge in [-0.05, 0) is 69.1 Å². The summed E-state index contributed by atoms with van der Waals surface area (Å²) in [6.07, 6.45) is -2.68. The van der Waals surface area contributed by atoms with Crippen LogP contribution in [0.2, 0.25) is 0 Å². The number of anilines is 2. The van der Waals surface area contributed by atoms with Crippen LogP contribution in [0.5, 0.6) is 0 Å². The van der Waals surface area contributed by atoms with Crippen LogP contribution in [-0.2, 0) is 9.53 Å². The number of nitrogen functional groups attached to an aromatic ring is 1. The lowest BCUT2D eigenvalue weighted by Gasteiger charge is -2.29. The van der Waals surface area contributed by atoms with Crippen LogP contribution in [0.25, 0.3) is 6.08 Å². The van der Waals surface area contributed by atoms with Crippen molar-refractivity contribution in [1.82, 2.24) is 0 Å². The zero-order valence-electron chi connectivity index (χ0n) is 16.2. The van der Waals surface area contributed by atoms with Crippen LogP contribution < -0.4 is 11.1 Å². The lowest BCUT2D eigenvalue weighted by molar-refractivity contribution is -0.150. The molecule has 0 saturated heterocycles. The summed E-state index contributed by atoms with van der Waals surface area (Å²) in [6.45, 7) is 1.55. The predicted molar refractivity (Wildman–Crippen MR) is 132 cm³/mol. The Morgan fingerprint density at radius 3 is 2.28 bits per heavy atom. The first kappa shape index (κ1) is 26.9. The molecule has 3 rings (SSSR count). The number of nitrogens with two attached hydrogens (primary N) is 1. The number of halogens is 7. The van der Waals surface area contributed by atoms with E-state index in [0.717, 1.165) is 15.2 Å². The van der Waals surface area contributed by atoms with Crippen molar-refractivity contribution in [3.8, 4) is 0 Å². The first-order valence-corrected chi connectivity index (χ1v) is 12.0. The summed E-state index contributed by atoms with van der Waals surface area (Å²) in [5.41, 5.74) is 6.83. The Morgan fingerprint density at radius 2 is 1.72 bits per heavy atom. The van der Waals surface area contributed by atoms with Gasteiger partial charge in [-0.25, -0.2) is 4.79 Å². The van der Waals surface area contributed by atoms with E-state index in [4.69, 9.17) is 10.5 Å². The molecule has 0 fully saturated rings. The number of ether oxygens (including phenoxy) is 1. The average molecular weight is 708 g/mol. The minimum atomic E-state index is -4.61. The molecule has 0 saturated carbocycles. The molecule has 1 atom stereocenters. The van der Waals surface area contributed by atoms with E-state index in [-0.39, 0.29) is 12.3 Å². The molecule has 32 heavy (non-hydrogen) atoms. The number of benzene rings is 2. The third-order valence-corrected chi connectivity index (χ3v) is 6.29.